The summed E-state index contributed by atoms with van der Waals surface area (Å²) in [5.41, 5.74) is 6.76. The van der Waals surface area contributed by atoms with Crippen LogP contribution in [0.3, 0.4) is 0 Å². The number of carbonyl (C=O) groups excluding carboxylic acids is 1. The summed E-state index contributed by atoms with van der Waals surface area (Å²) in [5, 5.41) is 6.98. The molecule has 1 fully saturated rings. The highest BCUT2D eigenvalue weighted by molar-refractivity contribution is 9.10. The van der Waals surface area contributed by atoms with Gasteiger partial charge in [0.15, 0.2) is 5.11 Å². The van der Waals surface area contributed by atoms with Gasteiger partial charge in [-0.25, -0.2) is 0 Å². The van der Waals surface area contributed by atoms with Crippen LogP contribution in [0.15, 0.2) is 77.4 Å². The van der Waals surface area contributed by atoms with E-state index in [1.54, 1.807) is 13.3 Å². The number of thiocarbonyl (C=S) groups is 1. The minimum atomic E-state index is -0.189. The fourth-order valence-corrected chi connectivity index (χ4v) is 5.77. The van der Waals surface area contributed by atoms with Gasteiger partial charge < -0.3 is 24.8 Å². The van der Waals surface area contributed by atoms with Gasteiger partial charge in [0, 0.05) is 40.4 Å². The molecule has 4 aromatic rings. The first-order valence-corrected chi connectivity index (χ1v) is 13.4. The van der Waals surface area contributed by atoms with Crippen LogP contribution < -0.4 is 20.3 Å². The van der Waals surface area contributed by atoms with Crippen LogP contribution in [0.1, 0.15) is 41.7 Å². The highest BCUT2D eigenvalue weighted by atomic mass is 79.9. The second-order valence-electron chi connectivity index (χ2n) is 9.20. The van der Waals surface area contributed by atoms with E-state index in [0.29, 0.717) is 16.5 Å². The second-order valence-corrected chi connectivity index (χ2v) is 10.5. The number of nitrogens with one attached hydrogen (secondary N) is 2. The first-order chi connectivity index (χ1) is 18.3. The Labute approximate surface area is 236 Å². The van der Waals surface area contributed by atoms with E-state index in [-0.39, 0.29) is 18.0 Å². The topological polar surface area (TPSA) is 71.4 Å². The van der Waals surface area contributed by atoms with Gasteiger partial charge in [0.1, 0.15) is 5.75 Å². The van der Waals surface area contributed by atoms with Crippen molar-refractivity contribution in [3.8, 4) is 11.4 Å². The monoisotopic (exact) mass is 589 g/mol. The van der Waals surface area contributed by atoms with Crippen molar-refractivity contribution < 1.29 is 9.53 Å². The molecule has 2 aromatic carbocycles. The maximum absolute atomic E-state index is 11.9. The third-order valence-electron chi connectivity index (χ3n) is 6.74. The number of pyridine rings is 1. The summed E-state index contributed by atoms with van der Waals surface area (Å²) in [6.45, 7) is 5.73. The number of nitrogens with zero attached hydrogens (tertiary/aromatic N) is 3. The molecule has 1 saturated heterocycles. The average Bonchev–Trinajstić information content (AvgIpc) is 3.39. The van der Waals surface area contributed by atoms with Crippen molar-refractivity contribution in [2.75, 3.05) is 17.3 Å². The Morgan fingerprint density at radius 3 is 2.47 bits per heavy atom. The van der Waals surface area contributed by atoms with Gasteiger partial charge in [0.25, 0.3) is 0 Å². The molecule has 5 rings (SSSR count). The summed E-state index contributed by atoms with van der Waals surface area (Å²) in [5.74, 6) is 0.400. The molecule has 38 heavy (non-hydrogen) atoms. The summed E-state index contributed by atoms with van der Waals surface area (Å²) < 4.78 is 8.78. The summed E-state index contributed by atoms with van der Waals surface area (Å²) in [4.78, 5) is 18.7. The van der Waals surface area contributed by atoms with E-state index in [1.165, 1.54) is 6.92 Å². The number of halogens is 1. The number of anilines is 2. The third kappa shape index (κ3) is 4.79. The van der Waals surface area contributed by atoms with E-state index in [1.807, 2.05) is 48.5 Å². The Morgan fingerprint density at radius 2 is 1.82 bits per heavy atom. The van der Waals surface area contributed by atoms with E-state index < -0.39 is 0 Å². The maximum atomic E-state index is 11.9. The quantitative estimate of drug-likeness (QED) is 0.254. The van der Waals surface area contributed by atoms with Crippen molar-refractivity contribution in [2.45, 2.75) is 32.9 Å². The lowest BCUT2D eigenvalue weighted by Crippen LogP contribution is -2.29. The summed E-state index contributed by atoms with van der Waals surface area (Å²) >= 11 is 9.45. The van der Waals surface area contributed by atoms with Crippen molar-refractivity contribution in [3.63, 3.8) is 0 Å². The zero-order valence-electron chi connectivity index (χ0n) is 21.5. The fourth-order valence-electron chi connectivity index (χ4n) is 5.16. The molecule has 1 aliphatic heterocycles. The summed E-state index contributed by atoms with van der Waals surface area (Å²) in [7, 11) is 1.58. The molecular formula is C29H28BrN5O2S. The van der Waals surface area contributed by atoms with Crippen LogP contribution in [-0.4, -0.2) is 27.7 Å². The lowest BCUT2D eigenvalue weighted by atomic mass is 9.96. The van der Waals surface area contributed by atoms with Gasteiger partial charge in [-0.2, -0.15) is 0 Å². The average molecular weight is 591 g/mol. The Kier molecular flexibility index (Phi) is 7.23. The number of amides is 1. The van der Waals surface area contributed by atoms with E-state index in [2.05, 4.69) is 73.1 Å². The second kappa shape index (κ2) is 10.6. The third-order valence-corrected chi connectivity index (χ3v) is 7.59. The van der Waals surface area contributed by atoms with Crippen molar-refractivity contribution in [3.05, 3.63) is 100 Å². The molecule has 0 bridgehead atoms. The van der Waals surface area contributed by atoms with Crippen LogP contribution in [0, 0.1) is 13.8 Å². The van der Waals surface area contributed by atoms with Gasteiger partial charge in [-0.05, 0) is 92.3 Å². The lowest BCUT2D eigenvalue weighted by Gasteiger charge is -2.29. The normalized spacial score (nSPS) is 16.9. The fraction of sp³-hybridized carbons (Fsp3) is 0.207. The van der Waals surface area contributed by atoms with Crippen LogP contribution >= 0.6 is 28.1 Å². The van der Waals surface area contributed by atoms with Gasteiger partial charge >= 0.3 is 0 Å². The van der Waals surface area contributed by atoms with E-state index in [0.717, 1.165) is 38.5 Å². The molecule has 3 heterocycles. The number of hydrogen-bond donors (Lipinski definition) is 2. The van der Waals surface area contributed by atoms with Gasteiger partial charge in [-0.1, -0.05) is 22.0 Å². The van der Waals surface area contributed by atoms with Crippen LogP contribution in [0.2, 0.25) is 0 Å². The molecule has 1 aliphatic rings. The number of aromatic nitrogens is 2. The van der Waals surface area contributed by atoms with Gasteiger partial charge in [0.05, 0.1) is 30.6 Å². The minimum absolute atomic E-state index is 0.177. The zero-order chi connectivity index (χ0) is 27.0. The first-order valence-electron chi connectivity index (χ1n) is 12.2. The minimum Gasteiger partial charge on any atom is -0.495 e. The van der Waals surface area contributed by atoms with Crippen molar-refractivity contribution >= 4 is 50.5 Å². The smallest absolute Gasteiger partial charge is 0.221 e. The number of ether oxygens (including phenoxy) is 1. The van der Waals surface area contributed by atoms with E-state index in [9.17, 15) is 4.79 Å². The Hall–Kier alpha value is -3.69. The Bertz CT molecular complexity index is 1500. The molecule has 0 aliphatic carbocycles. The highest BCUT2D eigenvalue weighted by Gasteiger charge is 2.42. The van der Waals surface area contributed by atoms with Crippen molar-refractivity contribution in [2.24, 2.45) is 0 Å². The molecule has 0 saturated carbocycles. The molecule has 7 nitrogen and oxygen atoms in total. The molecule has 0 radical (unpaired) electrons. The van der Waals surface area contributed by atoms with Gasteiger partial charge in [-0.15, -0.1) is 0 Å². The molecular weight excluding hydrogens is 562 g/mol. The standard InChI is InChI=1S/C29H28BrN5O2S/c1-17-15-23(18(2)34(17)21-10-8-20(30)9-11-21)28-27(24-7-5-6-14-31-24)33-29(38)35(28)22-12-13-26(37-4)25(16-22)32-19(3)36/h5-16,27-28H,1-4H3,(H,32,36)(H,33,38)/t27-,28-/m1/s1. The molecule has 0 spiro atoms. The molecule has 1 amide bonds. The molecule has 2 atom stereocenters. The molecule has 2 aromatic heterocycles. The summed E-state index contributed by atoms with van der Waals surface area (Å²) in [6.07, 6.45) is 1.80. The van der Waals surface area contributed by atoms with Crippen LogP contribution in [0.5, 0.6) is 5.75 Å². The maximum Gasteiger partial charge on any atom is 0.221 e. The predicted molar refractivity (Wildman–Crippen MR) is 158 cm³/mol. The number of carbonyl (C=O) groups is 1. The van der Waals surface area contributed by atoms with Crippen molar-refractivity contribution in [1.29, 1.82) is 0 Å². The molecule has 9 heteroatoms. The summed E-state index contributed by atoms with van der Waals surface area (Å²) in [6, 6.07) is 21.8. The molecule has 0 unspecified atom stereocenters. The molecule has 2 N–H and O–H groups in total. The first kappa shape index (κ1) is 25.9. The SMILES string of the molecule is COc1ccc(N2C(=S)N[C@H](c3ccccn3)[C@H]2c2cc(C)n(-c3ccc(Br)cc3)c2C)cc1NC(C)=O. The lowest BCUT2D eigenvalue weighted by molar-refractivity contribution is -0.114. The zero-order valence-corrected chi connectivity index (χ0v) is 23.9. The predicted octanol–water partition coefficient (Wildman–Crippen LogP) is 6.40. The largest absolute Gasteiger partial charge is 0.495 e. The number of methoxy groups -OCH3 is 1. The van der Waals surface area contributed by atoms with E-state index >= 15 is 0 Å². The highest BCUT2D eigenvalue weighted by Crippen LogP contribution is 2.45. The Morgan fingerprint density at radius 1 is 1.08 bits per heavy atom. The molecule has 194 valence electrons. The van der Waals surface area contributed by atoms with Crippen molar-refractivity contribution in [1.82, 2.24) is 14.9 Å². The van der Waals surface area contributed by atoms with Gasteiger partial charge in [0.2, 0.25) is 5.91 Å². The number of hydrogen-bond acceptors (Lipinski definition) is 4. The van der Waals surface area contributed by atoms with E-state index in [4.69, 9.17) is 17.0 Å². The number of rotatable bonds is 6. The van der Waals surface area contributed by atoms with Crippen LogP contribution in [0.25, 0.3) is 5.69 Å². The Balaban J connectivity index is 1.67. The van der Waals surface area contributed by atoms with Crippen LogP contribution in [-0.2, 0) is 4.79 Å². The number of benzene rings is 2. The number of aryl methyl sites for hydroxylation is 1. The van der Waals surface area contributed by atoms with Crippen LogP contribution in [0.4, 0.5) is 11.4 Å². The van der Waals surface area contributed by atoms with Gasteiger partial charge in [-0.3, -0.25) is 9.78 Å².